The Balaban J connectivity index is 6.05. The standard InChI is InChI=1S/C13H13F8NO8S/c1-6(23)5-22-9(25)11(12(17,18)19,30-8(24)7(2)14)29-4-3-10(15,16)13(20,21)31(26,27)28/h2-5H2,1H3,(H,22,25)(H,26,27,28). The molecule has 9 nitrogen and oxygen atoms in total. The summed E-state index contributed by atoms with van der Waals surface area (Å²) in [7, 11) is -6.74. The molecule has 1 atom stereocenters. The molecule has 0 radical (unpaired) electrons. The molecule has 2 N–H and O–H groups in total. The third-order valence-corrected chi connectivity index (χ3v) is 4.05. The van der Waals surface area contributed by atoms with Gasteiger partial charge in [0.05, 0.1) is 13.2 Å². The van der Waals surface area contributed by atoms with Crippen LogP contribution in [0.4, 0.5) is 35.1 Å². The minimum absolute atomic E-state index is 0.768. The predicted molar refractivity (Wildman–Crippen MR) is 80.8 cm³/mol. The molecule has 0 aliphatic heterocycles. The molecule has 31 heavy (non-hydrogen) atoms. The third-order valence-electron chi connectivity index (χ3n) is 3.10. The summed E-state index contributed by atoms with van der Waals surface area (Å²) in [6.07, 6.45) is -8.74. The van der Waals surface area contributed by atoms with Gasteiger partial charge in [-0.2, -0.15) is 43.5 Å². The molecule has 180 valence electrons. The van der Waals surface area contributed by atoms with Crippen LogP contribution in [0.25, 0.3) is 0 Å². The first-order valence-electron chi connectivity index (χ1n) is 7.41. The van der Waals surface area contributed by atoms with Crippen LogP contribution >= 0.6 is 0 Å². The van der Waals surface area contributed by atoms with Gasteiger partial charge in [-0.15, -0.1) is 0 Å². The zero-order valence-electron chi connectivity index (χ0n) is 15.1. The number of carbonyl (C=O) groups excluding carboxylic acids is 3. The van der Waals surface area contributed by atoms with Crippen LogP contribution < -0.4 is 5.32 Å². The molecule has 0 aliphatic rings. The van der Waals surface area contributed by atoms with Gasteiger partial charge in [0, 0.05) is 6.42 Å². The van der Waals surface area contributed by atoms with E-state index >= 15 is 0 Å². The van der Waals surface area contributed by atoms with Gasteiger partial charge in [0.15, 0.2) is 0 Å². The van der Waals surface area contributed by atoms with Crippen molar-refractivity contribution in [3.63, 3.8) is 0 Å². The van der Waals surface area contributed by atoms with Crippen molar-refractivity contribution >= 4 is 27.8 Å². The molecule has 0 bridgehead atoms. The van der Waals surface area contributed by atoms with E-state index in [9.17, 15) is 57.9 Å². The molecule has 0 spiro atoms. The Morgan fingerprint density at radius 2 is 1.55 bits per heavy atom. The molecule has 0 heterocycles. The van der Waals surface area contributed by atoms with Gasteiger partial charge in [0.1, 0.15) is 5.78 Å². The Labute approximate surface area is 168 Å². The van der Waals surface area contributed by atoms with E-state index in [2.05, 4.69) is 16.1 Å². The molecule has 1 unspecified atom stereocenters. The lowest BCUT2D eigenvalue weighted by Gasteiger charge is -2.33. The van der Waals surface area contributed by atoms with Crippen LogP contribution in [-0.4, -0.2) is 66.9 Å². The lowest BCUT2D eigenvalue weighted by atomic mass is 10.2. The lowest BCUT2D eigenvalue weighted by Crippen LogP contribution is -2.62. The number of hydrogen-bond donors (Lipinski definition) is 2. The van der Waals surface area contributed by atoms with Gasteiger partial charge in [0.2, 0.25) is 5.83 Å². The predicted octanol–water partition coefficient (Wildman–Crippen LogP) is 1.50. The Hall–Kier alpha value is -2.34. The summed E-state index contributed by atoms with van der Waals surface area (Å²) in [4.78, 5) is 33.9. The van der Waals surface area contributed by atoms with Crippen molar-refractivity contribution < 1.29 is 72.0 Å². The van der Waals surface area contributed by atoms with Crippen LogP contribution in [0.15, 0.2) is 12.4 Å². The summed E-state index contributed by atoms with van der Waals surface area (Å²) in [6, 6.07) is 0. The number of hydrogen-bond acceptors (Lipinski definition) is 7. The molecular formula is C13H13F8NO8S. The van der Waals surface area contributed by atoms with Crippen LogP contribution in [0.3, 0.4) is 0 Å². The summed E-state index contributed by atoms with van der Waals surface area (Å²) >= 11 is 0. The Morgan fingerprint density at radius 3 is 1.90 bits per heavy atom. The number of esters is 1. The Kier molecular flexibility index (Phi) is 8.72. The zero-order valence-corrected chi connectivity index (χ0v) is 15.9. The number of Topliss-reactive ketones (excluding diaryl/α,β-unsaturated/α-hetero) is 1. The number of amides is 1. The van der Waals surface area contributed by atoms with Crippen molar-refractivity contribution in [2.24, 2.45) is 0 Å². The van der Waals surface area contributed by atoms with Gasteiger partial charge < -0.3 is 14.8 Å². The number of nitrogens with one attached hydrogen (secondary N) is 1. The lowest BCUT2D eigenvalue weighted by molar-refractivity contribution is -0.349. The van der Waals surface area contributed by atoms with Crippen LogP contribution in [0.5, 0.6) is 0 Å². The van der Waals surface area contributed by atoms with Gasteiger partial charge in [-0.3, -0.25) is 14.1 Å². The maximum absolute atomic E-state index is 13.4. The van der Waals surface area contributed by atoms with E-state index < -0.39 is 76.3 Å². The number of carbonyl (C=O) groups is 3. The minimum atomic E-state index is -6.74. The quantitative estimate of drug-likeness (QED) is 0.145. The largest absolute Gasteiger partial charge is 0.466 e. The fourth-order valence-corrected chi connectivity index (χ4v) is 2.05. The smallest absolute Gasteiger partial charge is 0.410 e. The summed E-state index contributed by atoms with van der Waals surface area (Å²) in [5.41, 5.74) is 0. The average Bonchev–Trinajstić information content (AvgIpc) is 2.55. The second-order valence-corrected chi connectivity index (χ2v) is 7.05. The maximum Gasteiger partial charge on any atom is 0.466 e. The van der Waals surface area contributed by atoms with Crippen molar-refractivity contribution in [2.45, 2.75) is 36.5 Å². The highest BCUT2D eigenvalue weighted by atomic mass is 32.2. The fraction of sp³-hybridized carbons (Fsp3) is 0.615. The molecular weight excluding hydrogens is 482 g/mol. The first-order valence-corrected chi connectivity index (χ1v) is 8.85. The maximum atomic E-state index is 13.4. The van der Waals surface area contributed by atoms with Crippen LogP contribution in [0.2, 0.25) is 0 Å². The summed E-state index contributed by atoms with van der Waals surface area (Å²) in [5, 5.41) is -4.95. The normalized spacial score (nSPS) is 15.0. The van der Waals surface area contributed by atoms with Crippen molar-refractivity contribution in [2.75, 3.05) is 13.2 Å². The Bertz CT molecular complexity index is 841. The van der Waals surface area contributed by atoms with Crippen molar-refractivity contribution in [1.29, 1.82) is 0 Å². The van der Waals surface area contributed by atoms with Gasteiger partial charge >= 0.3 is 45.1 Å². The molecule has 0 saturated heterocycles. The zero-order chi connectivity index (χ0) is 25.1. The topological polar surface area (TPSA) is 136 Å². The molecule has 0 fully saturated rings. The van der Waals surface area contributed by atoms with E-state index in [4.69, 9.17) is 4.55 Å². The van der Waals surface area contributed by atoms with E-state index in [1.807, 2.05) is 0 Å². The number of ketones is 1. The summed E-state index contributed by atoms with van der Waals surface area (Å²) in [5.74, 6) is -19.0. The minimum Gasteiger partial charge on any atom is -0.410 e. The van der Waals surface area contributed by atoms with Crippen LogP contribution in [0, 0.1) is 0 Å². The monoisotopic (exact) mass is 495 g/mol. The van der Waals surface area contributed by atoms with E-state index in [0.29, 0.717) is 0 Å². The molecule has 0 saturated carbocycles. The number of ether oxygens (including phenoxy) is 2. The van der Waals surface area contributed by atoms with Crippen LogP contribution in [-0.2, 0) is 34.0 Å². The second kappa shape index (κ2) is 9.43. The summed E-state index contributed by atoms with van der Waals surface area (Å²) < 4.78 is 142. The molecule has 18 heteroatoms. The highest BCUT2D eigenvalue weighted by molar-refractivity contribution is 7.87. The molecule has 0 aromatic carbocycles. The van der Waals surface area contributed by atoms with Crippen LogP contribution in [0.1, 0.15) is 13.3 Å². The number of rotatable bonds is 11. The van der Waals surface area contributed by atoms with Gasteiger partial charge in [-0.1, -0.05) is 6.58 Å². The molecule has 0 rings (SSSR count). The van der Waals surface area contributed by atoms with Crippen molar-refractivity contribution in [1.82, 2.24) is 5.32 Å². The van der Waals surface area contributed by atoms with E-state index in [1.165, 1.54) is 5.32 Å². The highest BCUT2D eigenvalue weighted by Crippen LogP contribution is 2.42. The first kappa shape index (κ1) is 28.7. The van der Waals surface area contributed by atoms with E-state index in [1.54, 1.807) is 0 Å². The third kappa shape index (κ3) is 6.57. The number of alkyl halides is 7. The van der Waals surface area contributed by atoms with E-state index in [-0.39, 0.29) is 0 Å². The highest BCUT2D eigenvalue weighted by Gasteiger charge is 2.68. The van der Waals surface area contributed by atoms with Crippen molar-refractivity contribution in [3.8, 4) is 0 Å². The van der Waals surface area contributed by atoms with E-state index in [0.717, 1.165) is 6.92 Å². The van der Waals surface area contributed by atoms with Crippen molar-refractivity contribution in [3.05, 3.63) is 12.4 Å². The van der Waals surface area contributed by atoms with Gasteiger partial charge in [-0.25, -0.2) is 4.79 Å². The molecule has 0 aromatic heterocycles. The first-order chi connectivity index (χ1) is 13.6. The Morgan fingerprint density at radius 1 is 1.06 bits per heavy atom. The molecule has 1 amide bonds. The molecule has 0 aromatic rings. The number of halogens is 8. The summed E-state index contributed by atoms with van der Waals surface area (Å²) in [6.45, 7) is -0.363. The van der Waals surface area contributed by atoms with Gasteiger partial charge in [-0.05, 0) is 6.92 Å². The SMILES string of the molecule is C=C(F)C(=O)OC(OCCC(F)(F)C(F)(F)S(=O)(=O)O)(C(=O)NCC(C)=O)C(F)(F)F. The average molecular weight is 495 g/mol. The second-order valence-electron chi connectivity index (χ2n) is 5.59. The fourth-order valence-electron chi connectivity index (χ4n) is 1.57. The van der Waals surface area contributed by atoms with Gasteiger partial charge in [0.25, 0.3) is 0 Å². The molecule has 0 aliphatic carbocycles.